The molecule has 1 amide bonds. The lowest BCUT2D eigenvalue weighted by Crippen LogP contribution is -2.43. The number of nitrogen functional groups attached to an aromatic ring is 1. The molecule has 3 N–H and O–H groups in total. The van der Waals surface area contributed by atoms with Crippen LogP contribution in [0.3, 0.4) is 0 Å². The van der Waals surface area contributed by atoms with Crippen LogP contribution in [-0.4, -0.2) is 49.8 Å². The molecule has 1 aliphatic rings. The van der Waals surface area contributed by atoms with Crippen LogP contribution in [0.1, 0.15) is 23.7 Å². The van der Waals surface area contributed by atoms with Crippen molar-refractivity contribution >= 4 is 5.91 Å². The number of hydrogen-bond acceptors (Lipinski definition) is 5. The lowest BCUT2D eigenvalue weighted by Gasteiger charge is -2.32. The number of nitrogens with zero attached hydrogens (tertiary/aromatic N) is 1. The second kappa shape index (κ2) is 7.97. The second-order valence-corrected chi connectivity index (χ2v) is 5.02. The highest BCUT2D eigenvalue weighted by Crippen LogP contribution is 2.17. The van der Waals surface area contributed by atoms with E-state index < -0.39 is 0 Å². The van der Waals surface area contributed by atoms with Crippen LogP contribution in [-0.2, 0) is 4.74 Å². The van der Waals surface area contributed by atoms with Crippen LogP contribution in [0.15, 0.2) is 24.3 Å². The molecular formula is C15H23N3O3. The van der Waals surface area contributed by atoms with E-state index in [1.165, 1.54) is 0 Å². The van der Waals surface area contributed by atoms with Crippen molar-refractivity contribution in [1.82, 2.24) is 10.3 Å². The number of hydrazine groups is 1. The Morgan fingerprint density at radius 2 is 2.33 bits per heavy atom. The normalized spacial score (nSPS) is 19.2. The number of hydrogen-bond donors (Lipinski definition) is 2. The van der Waals surface area contributed by atoms with E-state index in [4.69, 9.17) is 15.3 Å². The molecule has 1 heterocycles. The van der Waals surface area contributed by atoms with Gasteiger partial charge < -0.3 is 9.47 Å². The third-order valence-electron chi connectivity index (χ3n) is 3.61. The number of carbonyl (C=O) groups is 1. The van der Waals surface area contributed by atoms with E-state index in [-0.39, 0.29) is 5.91 Å². The Morgan fingerprint density at radius 1 is 1.52 bits per heavy atom. The van der Waals surface area contributed by atoms with Crippen molar-refractivity contribution in [3.05, 3.63) is 29.8 Å². The van der Waals surface area contributed by atoms with Crippen LogP contribution < -0.4 is 16.0 Å². The Balaban J connectivity index is 1.85. The Labute approximate surface area is 125 Å². The number of ether oxygens (including phenoxy) is 2. The van der Waals surface area contributed by atoms with Crippen LogP contribution in [0.5, 0.6) is 5.75 Å². The van der Waals surface area contributed by atoms with Gasteiger partial charge in [0, 0.05) is 19.6 Å². The van der Waals surface area contributed by atoms with E-state index in [1.807, 2.05) is 6.07 Å². The molecule has 0 saturated carbocycles. The molecule has 0 radical (unpaired) electrons. The van der Waals surface area contributed by atoms with E-state index in [0.717, 1.165) is 32.7 Å². The third kappa shape index (κ3) is 4.42. The number of rotatable bonds is 6. The average molecular weight is 293 g/mol. The minimum absolute atomic E-state index is 0.314. The van der Waals surface area contributed by atoms with Crippen molar-refractivity contribution in [3.63, 3.8) is 0 Å². The van der Waals surface area contributed by atoms with Gasteiger partial charge in [0.15, 0.2) is 0 Å². The highest BCUT2D eigenvalue weighted by molar-refractivity contribution is 5.96. The maximum atomic E-state index is 11.6. The molecule has 2 rings (SSSR count). The Bertz CT molecular complexity index is 467. The summed E-state index contributed by atoms with van der Waals surface area (Å²) in [6.45, 7) is 6.11. The average Bonchev–Trinajstić information content (AvgIpc) is 2.55. The fourth-order valence-corrected chi connectivity index (χ4v) is 2.37. The number of para-hydroxylation sites is 1. The van der Waals surface area contributed by atoms with Gasteiger partial charge in [-0.1, -0.05) is 19.1 Å². The molecule has 1 aromatic rings. The molecule has 1 aromatic carbocycles. The quantitative estimate of drug-likeness (QED) is 0.460. The molecule has 0 aliphatic carbocycles. The molecule has 116 valence electrons. The maximum absolute atomic E-state index is 11.6. The van der Waals surface area contributed by atoms with Gasteiger partial charge in [0.1, 0.15) is 12.4 Å². The molecule has 6 heteroatoms. The lowest BCUT2D eigenvalue weighted by atomic mass is 10.2. The van der Waals surface area contributed by atoms with Gasteiger partial charge in [0.05, 0.1) is 18.3 Å². The molecule has 1 unspecified atom stereocenters. The van der Waals surface area contributed by atoms with Crippen LogP contribution in [0.25, 0.3) is 0 Å². The summed E-state index contributed by atoms with van der Waals surface area (Å²) in [5.41, 5.74) is 2.58. The van der Waals surface area contributed by atoms with Crippen molar-refractivity contribution in [1.29, 1.82) is 0 Å². The molecule has 1 atom stereocenters. The highest BCUT2D eigenvalue weighted by Gasteiger charge is 2.18. The van der Waals surface area contributed by atoms with E-state index in [9.17, 15) is 4.79 Å². The molecule has 1 aliphatic heterocycles. The first-order chi connectivity index (χ1) is 10.2. The van der Waals surface area contributed by atoms with Crippen LogP contribution >= 0.6 is 0 Å². The molecule has 0 spiro atoms. The van der Waals surface area contributed by atoms with Crippen molar-refractivity contribution in [3.8, 4) is 5.75 Å². The van der Waals surface area contributed by atoms with Crippen LogP contribution in [0.2, 0.25) is 0 Å². The summed E-state index contributed by atoms with van der Waals surface area (Å²) >= 11 is 0. The van der Waals surface area contributed by atoms with Gasteiger partial charge in [-0.05, 0) is 18.6 Å². The molecule has 0 aromatic heterocycles. The highest BCUT2D eigenvalue weighted by atomic mass is 16.5. The Hall–Kier alpha value is -1.63. The first-order valence-electron chi connectivity index (χ1n) is 7.31. The topological polar surface area (TPSA) is 76.8 Å². The largest absolute Gasteiger partial charge is 0.491 e. The monoisotopic (exact) mass is 293 g/mol. The van der Waals surface area contributed by atoms with E-state index in [0.29, 0.717) is 24.0 Å². The number of benzene rings is 1. The summed E-state index contributed by atoms with van der Waals surface area (Å²) in [5, 5.41) is 0. The molecule has 1 fully saturated rings. The van der Waals surface area contributed by atoms with Crippen molar-refractivity contribution in [2.45, 2.75) is 19.4 Å². The SMILES string of the molecule is CCC1CN(CCOc2ccccc2C(=O)NN)CCO1. The standard InChI is InChI=1S/C15H23N3O3/c1-2-12-11-18(7-9-20-12)8-10-21-14-6-4-3-5-13(14)15(19)17-16/h3-6,12H,2,7-11,16H2,1H3,(H,17,19). The van der Waals surface area contributed by atoms with Crippen LogP contribution in [0, 0.1) is 0 Å². The van der Waals surface area contributed by atoms with Gasteiger partial charge in [0.2, 0.25) is 0 Å². The van der Waals surface area contributed by atoms with Gasteiger partial charge in [0.25, 0.3) is 5.91 Å². The van der Waals surface area contributed by atoms with Crippen molar-refractivity contribution in [2.24, 2.45) is 5.84 Å². The second-order valence-electron chi connectivity index (χ2n) is 5.02. The van der Waals surface area contributed by atoms with Crippen LogP contribution in [0.4, 0.5) is 0 Å². The lowest BCUT2D eigenvalue weighted by molar-refractivity contribution is -0.0324. The number of amides is 1. The molecule has 1 saturated heterocycles. The molecule has 21 heavy (non-hydrogen) atoms. The zero-order valence-corrected chi connectivity index (χ0v) is 12.4. The molecular weight excluding hydrogens is 270 g/mol. The first kappa shape index (κ1) is 15.8. The fraction of sp³-hybridized carbons (Fsp3) is 0.533. The van der Waals surface area contributed by atoms with Gasteiger partial charge in [-0.15, -0.1) is 0 Å². The number of carbonyl (C=O) groups excluding carboxylic acids is 1. The summed E-state index contributed by atoms with van der Waals surface area (Å²) < 4.78 is 11.4. The molecule has 0 bridgehead atoms. The number of morpholine rings is 1. The minimum atomic E-state index is -0.344. The van der Waals surface area contributed by atoms with E-state index in [2.05, 4.69) is 17.2 Å². The van der Waals surface area contributed by atoms with Gasteiger partial charge in [-0.25, -0.2) is 5.84 Å². The molecule has 6 nitrogen and oxygen atoms in total. The third-order valence-corrected chi connectivity index (χ3v) is 3.61. The summed E-state index contributed by atoms with van der Waals surface area (Å²) in [5.74, 6) is 5.38. The maximum Gasteiger partial charge on any atom is 0.268 e. The first-order valence-corrected chi connectivity index (χ1v) is 7.31. The predicted molar refractivity (Wildman–Crippen MR) is 80.1 cm³/mol. The smallest absolute Gasteiger partial charge is 0.268 e. The zero-order chi connectivity index (χ0) is 15.1. The fourth-order valence-electron chi connectivity index (χ4n) is 2.37. The van der Waals surface area contributed by atoms with Gasteiger partial charge >= 0.3 is 0 Å². The zero-order valence-electron chi connectivity index (χ0n) is 12.4. The van der Waals surface area contributed by atoms with Crippen molar-refractivity contribution < 1.29 is 14.3 Å². The Morgan fingerprint density at radius 3 is 3.10 bits per heavy atom. The summed E-state index contributed by atoms with van der Waals surface area (Å²) in [4.78, 5) is 14.0. The van der Waals surface area contributed by atoms with Crippen molar-refractivity contribution in [2.75, 3.05) is 32.8 Å². The van der Waals surface area contributed by atoms with Gasteiger partial charge in [-0.3, -0.25) is 15.1 Å². The summed E-state index contributed by atoms with van der Waals surface area (Å²) in [6, 6.07) is 7.09. The van der Waals surface area contributed by atoms with Gasteiger partial charge in [-0.2, -0.15) is 0 Å². The van der Waals surface area contributed by atoms with E-state index >= 15 is 0 Å². The Kier molecular flexibility index (Phi) is 5.98. The number of nitrogens with one attached hydrogen (secondary N) is 1. The summed E-state index contributed by atoms with van der Waals surface area (Å²) in [7, 11) is 0. The number of nitrogens with two attached hydrogens (primary N) is 1. The summed E-state index contributed by atoms with van der Waals surface area (Å²) in [6.07, 6.45) is 1.34. The van der Waals surface area contributed by atoms with E-state index in [1.54, 1.807) is 18.2 Å². The minimum Gasteiger partial charge on any atom is -0.491 e. The predicted octanol–water partition coefficient (Wildman–Crippen LogP) is 0.780.